The number of nitrogens with one attached hydrogen (secondary N) is 1. The molecule has 0 aromatic heterocycles. The zero-order valence-electron chi connectivity index (χ0n) is 18.2. The van der Waals surface area contributed by atoms with Gasteiger partial charge in [-0.25, -0.2) is 4.79 Å². The Morgan fingerprint density at radius 2 is 1.67 bits per heavy atom. The molecule has 1 N–H and O–H groups in total. The van der Waals surface area contributed by atoms with Gasteiger partial charge in [-0.2, -0.15) is 0 Å². The average molecular weight is 408 g/mol. The van der Waals surface area contributed by atoms with E-state index in [1.165, 1.54) is 4.90 Å². The summed E-state index contributed by atoms with van der Waals surface area (Å²) in [6.07, 6.45) is 0. The van der Waals surface area contributed by atoms with Crippen molar-refractivity contribution in [2.45, 2.75) is 45.7 Å². The van der Waals surface area contributed by atoms with Gasteiger partial charge in [0.15, 0.2) is 0 Å². The van der Waals surface area contributed by atoms with Gasteiger partial charge in [0.1, 0.15) is 12.1 Å². The smallest absolute Gasteiger partial charge is 0.325 e. The number of amides is 4. The summed E-state index contributed by atoms with van der Waals surface area (Å²) in [6.45, 7) is 8.00. The SMILES string of the molecule is Cc1ccc(CN(C)C(=O)CN2C(=O)N[C@](C)(c3ccc(C(C)C)cc3)C2=O)cc1. The minimum absolute atomic E-state index is 0.285. The van der Waals surface area contributed by atoms with E-state index in [4.69, 9.17) is 0 Å². The van der Waals surface area contributed by atoms with Crippen molar-refractivity contribution in [1.29, 1.82) is 0 Å². The number of imide groups is 1. The van der Waals surface area contributed by atoms with E-state index < -0.39 is 17.5 Å². The first kappa shape index (κ1) is 21.6. The molecular formula is C24H29N3O3. The van der Waals surface area contributed by atoms with Crippen LogP contribution in [0.3, 0.4) is 0 Å². The van der Waals surface area contributed by atoms with E-state index in [2.05, 4.69) is 19.2 Å². The number of carbonyl (C=O) groups is 3. The Kier molecular flexibility index (Phi) is 5.97. The number of rotatable bonds is 6. The van der Waals surface area contributed by atoms with Gasteiger partial charge >= 0.3 is 6.03 Å². The molecule has 0 radical (unpaired) electrons. The van der Waals surface area contributed by atoms with Crippen LogP contribution in [-0.4, -0.2) is 41.2 Å². The van der Waals surface area contributed by atoms with Crippen molar-refractivity contribution in [3.05, 3.63) is 70.8 Å². The van der Waals surface area contributed by atoms with Gasteiger partial charge in [-0.3, -0.25) is 14.5 Å². The highest BCUT2D eigenvalue weighted by Crippen LogP contribution is 2.30. The summed E-state index contributed by atoms with van der Waals surface area (Å²) >= 11 is 0. The maximum absolute atomic E-state index is 13.1. The van der Waals surface area contributed by atoms with Gasteiger partial charge < -0.3 is 10.2 Å². The Bertz CT molecular complexity index is 951. The van der Waals surface area contributed by atoms with Gasteiger partial charge in [-0.15, -0.1) is 0 Å². The van der Waals surface area contributed by atoms with Gasteiger partial charge in [-0.1, -0.05) is 67.9 Å². The third kappa shape index (κ3) is 4.22. The van der Waals surface area contributed by atoms with Crippen molar-refractivity contribution in [2.24, 2.45) is 0 Å². The fraction of sp³-hybridized carbons (Fsp3) is 0.375. The van der Waals surface area contributed by atoms with Gasteiger partial charge in [0.05, 0.1) is 0 Å². The molecule has 1 fully saturated rings. The Morgan fingerprint density at radius 1 is 1.07 bits per heavy atom. The summed E-state index contributed by atoms with van der Waals surface area (Å²) in [4.78, 5) is 40.8. The Hall–Kier alpha value is -3.15. The molecular weight excluding hydrogens is 378 g/mol. The normalized spacial score (nSPS) is 18.7. The topological polar surface area (TPSA) is 69.7 Å². The van der Waals surface area contributed by atoms with Crippen LogP contribution in [0.5, 0.6) is 0 Å². The fourth-order valence-corrected chi connectivity index (χ4v) is 3.55. The molecule has 6 heteroatoms. The molecule has 4 amide bonds. The van der Waals surface area contributed by atoms with Crippen LogP contribution in [0.15, 0.2) is 48.5 Å². The monoisotopic (exact) mass is 407 g/mol. The van der Waals surface area contributed by atoms with Gasteiger partial charge in [-0.05, 0) is 36.5 Å². The van der Waals surface area contributed by atoms with Crippen molar-refractivity contribution < 1.29 is 14.4 Å². The lowest BCUT2D eigenvalue weighted by molar-refractivity contribution is -0.138. The highest BCUT2D eigenvalue weighted by atomic mass is 16.2. The van der Waals surface area contributed by atoms with Gasteiger partial charge in [0.2, 0.25) is 5.91 Å². The first-order valence-electron chi connectivity index (χ1n) is 10.2. The molecule has 1 aliphatic rings. The van der Waals surface area contributed by atoms with Crippen LogP contribution in [-0.2, 0) is 21.7 Å². The fourth-order valence-electron chi connectivity index (χ4n) is 3.55. The van der Waals surface area contributed by atoms with Crippen molar-refractivity contribution in [1.82, 2.24) is 15.1 Å². The third-order valence-electron chi connectivity index (χ3n) is 5.69. The molecule has 158 valence electrons. The summed E-state index contributed by atoms with van der Waals surface area (Å²) in [7, 11) is 1.67. The number of hydrogen-bond donors (Lipinski definition) is 1. The molecule has 1 aliphatic heterocycles. The standard InChI is InChI=1S/C24H29N3O3/c1-16(2)19-10-12-20(13-11-19)24(4)22(29)27(23(30)25-24)15-21(28)26(5)14-18-8-6-17(3)7-9-18/h6-13,16H,14-15H2,1-5H3,(H,25,30)/t24-/m1/s1. The molecule has 3 rings (SSSR count). The average Bonchev–Trinajstić information content (AvgIpc) is 2.93. The van der Waals surface area contributed by atoms with Crippen molar-refractivity contribution in [3.63, 3.8) is 0 Å². The van der Waals surface area contributed by atoms with Crippen LogP contribution in [0.25, 0.3) is 0 Å². The molecule has 1 atom stereocenters. The number of carbonyl (C=O) groups excluding carboxylic acids is 3. The molecule has 2 aromatic carbocycles. The first-order valence-corrected chi connectivity index (χ1v) is 10.2. The van der Waals surface area contributed by atoms with Gasteiger partial charge in [0.25, 0.3) is 5.91 Å². The summed E-state index contributed by atoms with van der Waals surface area (Å²) in [5.74, 6) is -0.334. The second kappa shape index (κ2) is 8.30. The lowest BCUT2D eigenvalue weighted by Gasteiger charge is -2.24. The predicted octanol–water partition coefficient (Wildman–Crippen LogP) is 3.54. The quantitative estimate of drug-likeness (QED) is 0.745. The van der Waals surface area contributed by atoms with E-state index in [-0.39, 0.29) is 12.5 Å². The number of likely N-dealkylation sites (N-methyl/N-ethyl adjacent to an activating group) is 1. The summed E-state index contributed by atoms with van der Waals surface area (Å²) < 4.78 is 0. The summed E-state index contributed by atoms with van der Waals surface area (Å²) in [5.41, 5.74) is 2.82. The van der Waals surface area contributed by atoms with Crippen LogP contribution < -0.4 is 5.32 Å². The van der Waals surface area contributed by atoms with Crippen LogP contribution in [0.4, 0.5) is 4.79 Å². The predicted molar refractivity (Wildman–Crippen MR) is 116 cm³/mol. The highest BCUT2D eigenvalue weighted by Gasteiger charge is 2.49. The highest BCUT2D eigenvalue weighted by molar-refractivity contribution is 6.09. The van der Waals surface area contributed by atoms with Crippen LogP contribution >= 0.6 is 0 Å². The number of urea groups is 1. The van der Waals surface area contributed by atoms with Crippen molar-refractivity contribution >= 4 is 17.8 Å². The molecule has 2 aromatic rings. The number of aryl methyl sites for hydroxylation is 1. The Balaban J connectivity index is 1.70. The third-order valence-corrected chi connectivity index (χ3v) is 5.69. The Morgan fingerprint density at radius 3 is 2.23 bits per heavy atom. The van der Waals surface area contributed by atoms with Crippen LogP contribution in [0.1, 0.15) is 48.9 Å². The van der Waals surface area contributed by atoms with Gasteiger partial charge in [0, 0.05) is 13.6 Å². The van der Waals surface area contributed by atoms with Crippen molar-refractivity contribution in [3.8, 4) is 0 Å². The molecule has 30 heavy (non-hydrogen) atoms. The molecule has 0 saturated carbocycles. The minimum Gasteiger partial charge on any atom is -0.340 e. The summed E-state index contributed by atoms with van der Waals surface area (Å²) in [5, 5.41) is 2.76. The number of hydrogen-bond acceptors (Lipinski definition) is 3. The zero-order chi connectivity index (χ0) is 22.1. The van der Waals surface area contributed by atoms with E-state index in [1.807, 2.05) is 55.5 Å². The van der Waals surface area contributed by atoms with E-state index in [0.29, 0.717) is 18.0 Å². The molecule has 0 bridgehead atoms. The number of benzene rings is 2. The zero-order valence-corrected chi connectivity index (χ0v) is 18.2. The second-order valence-corrected chi connectivity index (χ2v) is 8.46. The maximum atomic E-state index is 13.1. The summed E-state index contributed by atoms with van der Waals surface area (Å²) in [6, 6.07) is 15.0. The number of nitrogens with zero attached hydrogens (tertiary/aromatic N) is 2. The molecule has 0 aliphatic carbocycles. The molecule has 6 nitrogen and oxygen atoms in total. The minimum atomic E-state index is -1.18. The molecule has 1 saturated heterocycles. The van der Waals surface area contributed by atoms with E-state index in [1.54, 1.807) is 14.0 Å². The molecule has 1 heterocycles. The van der Waals surface area contributed by atoms with Crippen molar-refractivity contribution in [2.75, 3.05) is 13.6 Å². The van der Waals surface area contributed by atoms with E-state index in [9.17, 15) is 14.4 Å². The molecule has 0 unspecified atom stereocenters. The largest absolute Gasteiger partial charge is 0.340 e. The molecule has 0 spiro atoms. The second-order valence-electron chi connectivity index (χ2n) is 8.46. The van der Waals surface area contributed by atoms with Crippen LogP contribution in [0.2, 0.25) is 0 Å². The van der Waals surface area contributed by atoms with E-state index in [0.717, 1.165) is 21.6 Å². The Labute approximate surface area is 177 Å². The maximum Gasteiger partial charge on any atom is 0.325 e. The lowest BCUT2D eigenvalue weighted by Crippen LogP contribution is -2.43. The van der Waals surface area contributed by atoms with E-state index >= 15 is 0 Å². The van der Waals surface area contributed by atoms with Crippen LogP contribution in [0, 0.1) is 6.92 Å². The first-order chi connectivity index (χ1) is 14.1. The lowest BCUT2D eigenvalue weighted by atomic mass is 9.90.